The Kier molecular flexibility index (Phi) is 4.16. The number of ether oxygens (including phenoxy) is 1. The maximum atomic E-state index is 12.3. The molecule has 0 atom stereocenters. The predicted molar refractivity (Wildman–Crippen MR) is 85.5 cm³/mol. The molecular formula is C13H14N6O4S. The smallest absolute Gasteiger partial charge is 0.273 e. The van der Waals surface area contributed by atoms with Crippen LogP contribution in [-0.2, 0) is 14.8 Å². The zero-order valence-corrected chi connectivity index (χ0v) is 13.4. The summed E-state index contributed by atoms with van der Waals surface area (Å²) in [6, 6.07) is 1.56. The highest BCUT2D eigenvalue weighted by Crippen LogP contribution is 2.17. The molecule has 24 heavy (non-hydrogen) atoms. The maximum absolute atomic E-state index is 12.3. The van der Waals surface area contributed by atoms with E-state index in [0.29, 0.717) is 5.88 Å². The van der Waals surface area contributed by atoms with Crippen LogP contribution in [0.4, 0.5) is 5.95 Å². The molecule has 0 aliphatic carbocycles. The maximum Gasteiger partial charge on any atom is 0.273 e. The summed E-state index contributed by atoms with van der Waals surface area (Å²) in [6.45, 7) is 0.245. The third-order valence-corrected chi connectivity index (χ3v) is 4.38. The van der Waals surface area contributed by atoms with Gasteiger partial charge in [0.15, 0.2) is 5.84 Å². The van der Waals surface area contributed by atoms with Gasteiger partial charge in [-0.3, -0.25) is 15.6 Å². The van der Waals surface area contributed by atoms with E-state index in [4.69, 9.17) is 4.74 Å². The van der Waals surface area contributed by atoms with Gasteiger partial charge in [0.05, 0.1) is 18.4 Å². The number of allylic oxidation sites excluding steroid dienone is 2. The van der Waals surface area contributed by atoms with Gasteiger partial charge in [0.25, 0.3) is 15.9 Å². The number of anilines is 1. The van der Waals surface area contributed by atoms with Crippen LogP contribution in [-0.4, -0.2) is 54.4 Å². The van der Waals surface area contributed by atoms with Gasteiger partial charge >= 0.3 is 0 Å². The van der Waals surface area contributed by atoms with E-state index in [-0.39, 0.29) is 29.7 Å². The van der Waals surface area contributed by atoms with Crippen molar-refractivity contribution in [2.24, 2.45) is 4.40 Å². The second-order valence-corrected chi connectivity index (χ2v) is 6.57. The number of methoxy groups -OCH3 is 1. The molecule has 1 aromatic rings. The molecule has 1 aromatic heterocycles. The number of carbonyl (C=O) groups is 1. The summed E-state index contributed by atoms with van der Waals surface area (Å²) in [5.74, 6) is -0.104. The van der Waals surface area contributed by atoms with Crippen molar-refractivity contribution in [3.63, 3.8) is 0 Å². The summed E-state index contributed by atoms with van der Waals surface area (Å²) < 4.78 is 32.0. The molecule has 2 aliphatic heterocycles. The molecule has 0 saturated carbocycles. The molecule has 10 nitrogen and oxygen atoms in total. The molecule has 3 rings (SSSR count). The van der Waals surface area contributed by atoms with Gasteiger partial charge in [-0.25, -0.2) is 13.4 Å². The van der Waals surface area contributed by atoms with Gasteiger partial charge in [-0.2, -0.15) is 4.98 Å². The van der Waals surface area contributed by atoms with Gasteiger partial charge in [0.2, 0.25) is 11.8 Å². The van der Waals surface area contributed by atoms with E-state index in [1.807, 2.05) is 0 Å². The number of fused-ring (bicyclic) bond motifs is 1. The fourth-order valence-electron chi connectivity index (χ4n) is 2.09. The summed E-state index contributed by atoms with van der Waals surface area (Å²) in [5.41, 5.74) is 5.07. The molecule has 0 saturated heterocycles. The lowest BCUT2D eigenvalue weighted by molar-refractivity contribution is -0.116. The second-order valence-electron chi connectivity index (χ2n) is 4.82. The Morgan fingerprint density at radius 2 is 2.25 bits per heavy atom. The fourth-order valence-corrected chi connectivity index (χ4v) is 3.07. The molecule has 126 valence electrons. The number of nitrogens with zero attached hydrogens (tertiary/aromatic N) is 4. The van der Waals surface area contributed by atoms with Crippen LogP contribution in [0.25, 0.3) is 0 Å². The van der Waals surface area contributed by atoms with Gasteiger partial charge in [0, 0.05) is 25.0 Å². The van der Waals surface area contributed by atoms with Crippen molar-refractivity contribution in [1.82, 2.24) is 20.3 Å². The summed E-state index contributed by atoms with van der Waals surface area (Å²) in [5, 5.41) is 0. The quantitative estimate of drug-likeness (QED) is 0.691. The summed E-state index contributed by atoms with van der Waals surface area (Å²) in [4.78, 5) is 21.8. The molecule has 0 bridgehead atoms. The van der Waals surface area contributed by atoms with E-state index in [1.165, 1.54) is 19.4 Å². The van der Waals surface area contributed by atoms with Crippen LogP contribution < -0.4 is 15.6 Å². The lowest BCUT2D eigenvalue weighted by Gasteiger charge is -2.28. The number of aromatic nitrogens is 2. The first kappa shape index (κ1) is 15.9. The highest BCUT2D eigenvalue weighted by molar-refractivity contribution is 7.90. The largest absolute Gasteiger partial charge is 0.481 e. The summed E-state index contributed by atoms with van der Waals surface area (Å²) in [7, 11) is -2.11. The third-order valence-electron chi connectivity index (χ3n) is 3.23. The molecule has 0 aromatic carbocycles. The number of sulfonamides is 1. The van der Waals surface area contributed by atoms with Crippen LogP contribution in [0.3, 0.4) is 0 Å². The minimum absolute atomic E-state index is 0.0916. The molecule has 1 amide bonds. The van der Waals surface area contributed by atoms with E-state index >= 15 is 0 Å². The SMILES string of the molecule is COc1ccnc(NNC(=O)C2=CC=CN3CCS(=O)(=O)N=C23)n1. The molecular weight excluding hydrogens is 336 g/mol. The number of hydrogen-bond donors (Lipinski definition) is 2. The van der Waals surface area contributed by atoms with Crippen molar-refractivity contribution in [2.75, 3.05) is 24.8 Å². The van der Waals surface area contributed by atoms with Crippen molar-refractivity contribution in [2.45, 2.75) is 0 Å². The Hall–Kier alpha value is -2.95. The first-order valence-electron chi connectivity index (χ1n) is 6.90. The number of rotatable bonds is 4. The molecule has 0 spiro atoms. The van der Waals surface area contributed by atoms with E-state index < -0.39 is 15.9 Å². The molecule has 0 fully saturated rings. The average molecular weight is 350 g/mol. The topological polar surface area (TPSA) is 126 Å². The number of nitrogens with one attached hydrogen (secondary N) is 2. The number of amidine groups is 1. The van der Waals surface area contributed by atoms with E-state index in [9.17, 15) is 13.2 Å². The van der Waals surface area contributed by atoms with Gasteiger partial charge in [-0.05, 0) is 12.2 Å². The Morgan fingerprint density at radius 3 is 3.04 bits per heavy atom. The van der Waals surface area contributed by atoms with Crippen molar-refractivity contribution in [3.05, 3.63) is 36.2 Å². The Balaban J connectivity index is 1.75. The second kappa shape index (κ2) is 6.28. The predicted octanol–water partition coefficient (Wildman–Crippen LogP) is -0.574. The fraction of sp³-hybridized carbons (Fsp3) is 0.231. The van der Waals surface area contributed by atoms with Gasteiger partial charge in [0.1, 0.15) is 0 Å². The van der Waals surface area contributed by atoms with Crippen LogP contribution in [0.2, 0.25) is 0 Å². The van der Waals surface area contributed by atoms with Crippen LogP contribution >= 0.6 is 0 Å². The van der Waals surface area contributed by atoms with Gasteiger partial charge in [-0.15, -0.1) is 4.40 Å². The minimum Gasteiger partial charge on any atom is -0.481 e. The molecule has 2 aliphatic rings. The van der Waals surface area contributed by atoms with E-state index in [1.54, 1.807) is 23.2 Å². The zero-order chi connectivity index (χ0) is 17.2. The van der Waals surface area contributed by atoms with Crippen molar-refractivity contribution >= 4 is 27.7 Å². The Morgan fingerprint density at radius 1 is 1.42 bits per heavy atom. The summed E-state index contributed by atoms with van der Waals surface area (Å²) >= 11 is 0. The number of carbonyl (C=O) groups excluding carboxylic acids is 1. The number of hydrazine groups is 1. The molecule has 2 N–H and O–H groups in total. The Labute approximate surface area is 138 Å². The third kappa shape index (κ3) is 3.35. The van der Waals surface area contributed by atoms with Crippen molar-refractivity contribution < 1.29 is 17.9 Å². The zero-order valence-electron chi connectivity index (χ0n) is 12.6. The van der Waals surface area contributed by atoms with Crippen LogP contribution in [0.1, 0.15) is 0 Å². The highest BCUT2D eigenvalue weighted by atomic mass is 32.2. The van der Waals surface area contributed by atoms with Gasteiger partial charge < -0.3 is 9.64 Å². The standard InChI is InChI=1S/C13H14N6O4S/c1-23-10-4-5-14-13(15-10)17-16-12(20)9-3-2-6-19-7-8-24(21,22)18-11(9)19/h2-6H,7-8H2,1H3,(H,16,20)(H,14,15,17). The molecule has 11 heteroatoms. The van der Waals surface area contributed by atoms with Crippen LogP contribution in [0, 0.1) is 0 Å². The average Bonchev–Trinajstić information content (AvgIpc) is 2.58. The Bertz CT molecular complexity index is 861. The normalized spacial score (nSPS) is 18.1. The molecule has 0 radical (unpaired) electrons. The first-order valence-corrected chi connectivity index (χ1v) is 8.51. The lowest BCUT2D eigenvalue weighted by Crippen LogP contribution is -2.43. The van der Waals surface area contributed by atoms with E-state index in [0.717, 1.165) is 0 Å². The highest BCUT2D eigenvalue weighted by Gasteiger charge is 2.29. The monoisotopic (exact) mass is 350 g/mol. The van der Waals surface area contributed by atoms with Gasteiger partial charge in [-0.1, -0.05) is 0 Å². The van der Waals surface area contributed by atoms with Crippen LogP contribution in [0.5, 0.6) is 5.88 Å². The summed E-state index contributed by atoms with van der Waals surface area (Å²) in [6.07, 6.45) is 6.26. The minimum atomic E-state index is -3.57. The molecule has 0 unspecified atom stereocenters. The van der Waals surface area contributed by atoms with Crippen LogP contribution in [0.15, 0.2) is 40.6 Å². The first-order chi connectivity index (χ1) is 11.5. The van der Waals surface area contributed by atoms with Crippen molar-refractivity contribution in [1.29, 1.82) is 0 Å². The van der Waals surface area contributed by atoms with E-state index in [2.05, 4.69) is 25.2 Å². The number of amides is 1. The lowest BCUT2D eigenvalue weighted by atomic mass is 10.1. The molecule has 3 heterocycles. The number of hydrogen-bond acceptors (Lipinski definition) is 8. The van der Waals surface area contributed by atoms with Crippen molar-refractivity contribution in [3.8, 4) is 5.88 Å².